The highest BCUT2D eigenvalue weighted by molar-refractivity contribution is 7.09. The Kier molecular flexibility index (Phi) is 3.44. The molecule has 1 heterocycles. The summed E-state index contributed by atoms with van der Waals surface area (Å²) in [6.45, 7) is 8.61. The van der Waals surface area contributed by atoms with Gasteiger partial charge >= 0.3 is 0 Å². The van der Waals surface area contributed by atoms with Crippen molar-refractivity contribution in [2.45, 2.75) is 19.9 Å². The fourth-order valence-electron chi connectivity index (χ4n) is 0.944. The third-order valence-corrected chi connectivity index (χ3v) is 2.44. The monoisotopic (exact) mass is 182 g/mol. The van der Waals surface area contributed by atoms with Gasteiger partial charge in [-0.3, -0.25) is 0 Å². The Morgan fingerprint density at radius 2 is 2.58 bits per heavy atom. The second kappa shape index (κ2) is 4.38. The van der Waals surface area contributed by atoms with Crippen LogP contribution in [0, 0.1) is 6.92 Å². The molecule has 0 aliphatic heterocycles. The van der Waals surface area contributed by atoms with Gasteiger partial charge in [0.25, 0.3) is 0 Å². The first-order chi connectivity index (χ1) is 5.74. The molecule has 0 amide bonds. The standard InChI is InChI=1S/C9H14N2S/c1-4-5-10-7(2)9-6-12-8(3)11-9/h4,6-7,10H,1,5H2,2-3H3. The van der Waals surface area contributed by atoms with E-state index in [1.165, 1.54) is 0 Å². The summed E-state index contributed by atoms with van der Waals surface area (Å²) < 4.78 is 0. The summed E-state index contributed by atoms with van der Waals surface area (Å²) in [5.41, 5.74) is 1.12. The first-order valence-electron chi connectivity index (χ1n) is 4.00. The van der Waals surface area contributed by atoms with E-state index in [2.05, 4.69) is 29.2 Å². The topological polar surface area (TPSA) is 24.9 Å². The number of hydrogen-bond acceptors (Lipinski definition) is 3. The quantitative estimate of drug-likeness (QED) is 0.723. The lowest BCUT2D eigenvalue weighted by molar-refractivity contribution is 0.603. The normalized spacial score (nSPS) is 12.8. The molecular weight excluding hydrogens is 168 g/mol. The molecule has 0 spiro atoms. The molecule has 0 bridgehead atoms. The van der Waals surface area contributed by atoms with E-state index in [0.717, 1.165) is 17.2 Å². The number of rotatable bonds is 4. The van der Waals surface area contributed by atoms with Crippen LogP contribution in [-0.2, 0) is 0 Å². The Morgan fingerprint density at radius 1 is 1.83 bits per heavy atom. The Balaban J connectivity index is 2.52. The van der Waals surface area contributed by atoms with Crippen molar-refractivity contribution in [2.24, 2.45) is 0 Å². The van der Waals surface area contributed by atoms with Gasteiger partial charge < -0.3 is 5.32 Å². The van der Waals surface area contributed by atoms with E-state index < -0.39 is 0 Å². The zero-order valence-electron chi connectivity index (χ0n) is 7.50. The molecular formula is C9H14N2S. The van der Waals surface area contributed by atoms with Crippen LogP contribution in [0.3, 0.4) is 0 Å². The first-order valence-corrected chi connectivity index (χ1v) is 4.88. The molecule has 1 aromatic rings. The van der Waals surface area contributed by atoms with E-state index in [-0.39, 0.29) is 0 Å². The molecule has 0 aromatic carbocycles. The van der Waals surface area contributed by atoms with Gasteiger partial charge in [0.15, 0.2) is 0 Å². The van der Waals surface area contributed by atoms with Gasteiger partial charge in [-0.15, -0.1) is 17.9 Å². The molecule has 66 valence electrons. The van der Waals surface area contributed by atoms with Crippen molar-refractivity contribution in [3.8, 4) is 0 Å². The molecule has 1 unspecified atom stereocenters. The van der Waals surface area contributed by atoms with E-state index in [1.54, 1.807) is 11.3 Å². The molecule has 0 saturated heterocycles. The van der Waals surface area contributed by atoms with Crippen LogP contribution in [0.4, 0.5) is 0 Å². The highest BCUT2D eigenvalue weighted by Gasteiger charge is 2.05. The lowest BCUT2D eigenvalue weighted by Gasteiger charge is -2.08. The van der Waals surface area contributed by atoms with Gasteiger partial charge in [-0.1, -0.05) is 6.08 Å². The molecule has 0 saturated carbocycles. The summed E-state index contributed by atoms with van der Waals surface area (Å²) in [7, 11) is 0. The van der Waals surface area contributed by atoms with Crippen LogP contribution in [0.15, 0.2) is 18.0 Å². The van der Waals surface area contributed by atoms with Crippen LogP contribution in [-0.4, -0.2) is 11.5 Å². The van der Waals surface area contributed by atoms with Gasteiger partial charge in [-0.05, 0) is 13.8 Å². The fraction of sp³-hybridized carbons (Fsp3) is 0.444. The van der Waals surface area contributed by atoms with Gasteiger partial charge in [0.05, 0.1) is 10.7 Å². The molecule has 0 fully saturated rings. The molecule has 1 N–H and O–H groups in total. The lowest BCUT2D eigenvalue weighted by Crippen LogP contribution is -2.18. The number of nitrogens with one attached hydrogen (secondary N) is 1. The van der Waals surface area contributed by atoms with Crippen molar-refractivity contribution in [1.82, 2.24) is 10.3 Å². The summed E-state index contributed by atoms with van der Waals surface area (Å²) in [6.07, 6.45) is 1.86. The molecule has 2 nitrogen and oxygen atoms in total. The van der Waals surface area contributed by atoms with Crippen molar-refractivity contribution in [1.29, 1.82) is 0 Å². The molecule has 1 aromatic heterocycles. The SMILES string of the molecule is C=CCNC(C)c1csc(C)n1. The number of aryl methyl sites for hydroxylation is 1. The van der Waals surface area contributed by atoms with Crippen LogP contribution in [0.25, 0.3) is 0 Å². The minimum absolute atomic E-state index is 0.327. The third kappa shape index (κ3) is 2.43. The largest absolute Gasteiger partial charge is 0.305 e. The van der Waals surface area contributed by atoms with Gasteiger partial charge in [-0.2, -0.15) is 0 Å². The summed E-state index contributed by atoms with van der Waals surface area (Å²) in [6, 6.07) is 0.327. The Morgan fingerprint density at radius 3 is 3.08 bits per heavy atom. The average molecular weight is 182 g/mol. The van der Waals surface area contributed by atoms with Crippen LogP contribution < -0.4 is 5.32 Å². The Hall–Kier alpha value is -0.670. The Bertz CT molecular complexity index is 255. The zero-order chi connectivity index (χ0) is 8.97. The van der Waals surface area contributed by atoms with Gasteiger partial charge in [0.2, 0.25) is 0 Å². The third-order valence-electron chi connectivity index (χ3n) is 1.65. The van der Waals surface area contributed by atoms with Crippen LogP contribution in [0.1, 0.15) is 23.7 Å². The van der Waals surface area contributed by atoms with Crippen LogP contribution >= 0.6 is 11.3 Å². The van der Waals surface area contributed by atoms with Gasteiger partial charge in [-0.25, -0.2) is 4.98 Å². The first kappa shape index (κ1) is 9.42. The summed E-state index contributed by atoms with van der Waals surface area (Å²) >= 11 is 1.69. The highest BCUT2D eigenvalue weighted by atomic mass is 32.1. The number of nitrogens with zero attached hydrogens (tertiary/aromatic N) is 1. The van der Waals surface area contributed by atoms with E-state index in [4.69, 9.17) is 0 Å². The van der Waals surface area contributed by atoms with Crippen LogP contribution in [0.2, 0.25) is 0 Å². The van der Waals surface area contributed by atoms with Crippen molar-refractivity contribution in [3.05, 3.63) is 28.7 Å². The second-order valence-electron chi connectivity index (χ2n) is 2.71. The van der Waals surface area contributed by atoms with Crippen molar-refractivity contribution in [2.75, 3.05) is 6.54 Å². The predicted octanol–water partition coefficient (Wildman–Crippen LogP) is 2.29. The van der Waals surface area contributed by atoms with Crippen LogP contribution in [0.5, 0.6) is 0 Å². The van der Waals surface area contributed by atoms with Crippen molar-refractivity contribution < 1.29 is 0 Å². The molecule has 0 radical (unpaired) electrons. The maximum absolute atomic E-state index is 4.39. The second-order valence-corrected chi connectivity index (χ2v) is 3.77. The molecule has 0 aliphatic carbocycles. The zero-order valence-corrected chi connectivity index (χ0v) is 8.32. The molecule has 1 rings (SSSR count). The van der Waals surface area contributed by atoms with Crippen molar-refractivity contribution in [3.63, 3.8) is 0 Å². The minimum Gasteiger partial charge on any atom is -0.305 e. The summed E-state index contributed by atoms with van der Waals surface area (Å²) in [5, 5.41) is 6.50. The maximum atomic E-state index is 4.39. The number of thiazole rings is 1. The lowest BCUT2D eigenvalue weighted by atomic mass is 10.2. The number of hydrogen-bond donors (Lipinski definition) is 1. The Labute approximate surface area is 77.3 Å². The molecule has 0 aliphatic rings. The smallest absolute Gasteiger partial charge is 0.0898 e. The number of aromatic nitrogens is 1. The molecule has 1 atom stereocenters. The van der Waals surface area contributed by atoms with E-state index in [9.17, 15) is 0 Å². The van der Waals surface area contributed by atoms with Gasteiger partial charge in [0, 0.05) is 18.0 Å². The van der Waals surface area contributed by atoms with E-state index >= 15 is 0 Å². The average Bonchev–Trinajstić information content (AvgIpc) is 2.47. The van der Waals surface area contributed by atoms with E-state index in [0.29, 0.717) is 6.04 Å². The summed E-state index contributed by atoms with van der Waals surface area (Å²) in [5.74, 6) is 0. The van der Waals surface area contributed by atoms with E-state index in [1.807, 2.05) is 13.0 Å². The highest BCUT2D eigenvalue weighted by Crippen LogP contribution is 2.14. The van der Waals surface area contributed by atoms with Gasteiger partial charge in [0.1, 0.15) is 0 Å². The van der Waals surface area contributed by atoms with Crippen molar-refractivity contribution >= 4 is 11.3 Å². The predicted molar refractivity (Wildman–Crippen MR) is 53.5 cm³/mol. The maximum Gasteiger partial charge on any atom is 0.0898 e. The molecule has 3 heteroatoms. The minimum atomic E-state index is 0.327. The summed E-state index contributed by atoms with van der Waals surface area (Å²) in [4.78, 5) is 4.39. The molecule has 12 heavy (non-hydrogen) atoms. The fourth-order valence-corrected chi connectivity index (χ4v) is 1.65.